The first-order chi connectivity index (χ1) is 9.11. The highest BCUT2D eigenvalue weighted by Gasteiger charge is 2.29. The van der Waals surface area contributed by atoms with Crippen LogP contribution in [0.25, 0.3) is 0 Å². The summed E-state index contributed by atoms with van der Waals surface area (Å²) in [5, 5.41) is 0. The maximum absolute atomic E-state index is 12.5. The van der Waals surface area contributed by atoms with Crippen molar-refractivity contribution in [3.05, 3.63) is 24.0 Å². The van der Waals surface area contributed by atoms with E-state index in [4.69, 9.17) is 4.74 Å². The van der Waals surface area contributed by atoms with E-state index < -0.39 is 0 Å². The van der Waals surface area contributed by atoms with E-state index >= 15 is 0 Å². The molecule has 19 heavy (non-hydrogen) atoms. The predicted molar refractivity (Wildman–Crippen MR) is 73.7 cm³/mol. The number of ketones is 1. The molecule has 1 aliphatic rings. The van der Waals surface area contributed by atoms with Crippen molar-refractivity contribution in [2.75, 3.05) is 40.3 Å². The molecule has 2 heterocycles. The van der Waals surface area contributed by atoms with Crippen LogP contribution in [0.3, 0.4) is 0 Å². The molecule has 1 unspecified atom stereocenters. The summed E-state index contributed by atoms with van der Waals surface area (Å²) in [5.74, 6) is 0.767. The van der Waals surface area contributed by atoms with Crippen LogP contribution in [0.5, 0.6) is 5.75 Å². The number of hydrogen-bond donors (Lipinski definition) is 0. The van der Waals surface area contributed by atoms with Crippen LogP contribution < -0.4 is 4.74 Å². The van der Waals surface area contributed by atoms with Crippen LogP contribution in [0.4, 0.5) is 0 Å². The van der Waals surface area contributed by atoms with Gasteiger partial charge >= 0.3 is 0 Å². The van der Waals surface area contributed by atoms with Gasteiger partial charge in [0.25, 0.3) is 0 Å². The third kappa shape index (κ3) is 3.30. The minimum Gasteiger partial charge on any atom is -0.492 e. The van der Waals surface area contributed by atoms with Crippen molar-refractivity contribution >= 4 is 5.78 Å². The topological polar surface area (TPSA) is 45.7 Å². The lowest BCUT2D eigenvalue weighted by atomic mass is 10.0. The van der Waals surface area contributed by atoms with Gasteiger partial charge in [-0.25, -0.2) is 0 Å². The number of likely N-dealkylation sites (N-methyl/N-ethyl adjacent to an activating group) is 2. The Bertz CT molecular complexity index is 450. The quantitative estimate of drug-likeness (QED) is 0.756. The summed E-state index contributed by atoms with van der Waals surface area (Å²) in [6, 6.07) is 1.68. The third-order valence-electron chi connectivity index (χ3n) is 3.46. The Balaban J connectivity index is 2.16. The van der Waals surface area contributed by atoms with Gasteiger partial charge in [0, 0.05) is 31.4 Å². The molecule has 5 heteroatoms. The van der Waals surface area contributed by atoms with Crippen LogP contribution in [-0.4, -0.2) is 66.9 Å². The molecule has 1 atom stereocenters. The highest BCUT2D eigenvalue weighted by molar-refractivity contribution is 6.00. The maximum atomic E-state index is 12.5. The van der Waals surface area contributed by atoms with Crippen molar-refractivity contribution in [1.29, 1.82) is 0 Å². The molecule has 0 radical (unpaired) electrons. The molecule has 1 fully saturated rings. The highest BCUT2D eigenvalue weighted by Crippen LogP contribution is 2.16. The van der Waals surface area contributed by atoms with E-state index in [1.54, 1.807) is 18.5 Å². The SMILES string of the molecule is CCOc1cncc(C(=O)C2CN(C)CCN2C)c1. The molecule has 1 aliphatic heterocycles. The number of aromatic nitrogens is 1. The molecule has 0 saturated carbocycles. The van der Waals surface area contributed by atoms with Gasteiger partial charge in [0.05, 0.1) is 18.8 Å². The molecule has 0 spiro atoms. The number of hydrogen-bond acceptors (Lipinski definition) is 5. The summed E-state index contributed by atoms with van der Waals surface area (Å²) in [6.45, 7) is 5.15. The molecule has 5 nitrogen and oxygen atoms in total. The Kier molecular flexibility index (Phi) is 4.50. The Hall–Kier alpha value is -1.46. The highest BCUT2D eigenvalue weighted by atomic mass is 16.5. The van der Waals surface area contributed by atoms with Crippen molar-refractivity contribution in [1.82, 2.24) is 14.8 Å². The van der Waals surface area contributed by atoms with Crippen LogP contribution in [0.15, 0.2) is 18.5 Å². The number of Topliss-reactive ketones (excluding diaryl/α,β-unsaturated/α-hetero) is 1. The molecule has 1 aromatic rings. The first-order valence-corrected chi connectivity index (χ1v) is 6.62. The maximum Gasteiger partial charge on any atom is 0.182 e. The van der Waals surface area contributed by atoms with Crippen LogP contribution >= 0.6 is 0 Å². The average molecular weight is 263 g/mol. The molecule has 0 N–H and O–H groups in total. The van der Waals surface area contributed by atoms with E-state index in [1.807, 2.05) is 21.0 Å². The van der Waals surface area contributed by atoms with E-state index in [1.165, 1.54) is 0 Å². The van der Waals surface area contributed by atoms with Gasteiger partial charge in [-0.3, -0.25) is 14.7 Å². The van der Waals surface area contributed by atoms with Gasteiger partial charge in [-0.1, -0.05) is 0 Å². The molecule has 1 saturated heterocycles. The minimum atomic E-state index is -0.0996. The molecular formula is C14H21N3O2. The average Bonchev–Trinajstić information content (AvgIpc) is 2.41. The summed E-state index contributed by atoms with van der Waals surface area (Å²) in [6.07, 6.45) is 3.25. The predicted octanol–water partition coefficient (Wildman–Crippen LogP) is 0.909. The normalized spacial score (nSPS) is 21.3. The summed E-state index contributed by atoms with van der Waals surface area (Å²) in [5.41, 5.74) is 0.623. The number of pyridine rings is 1. The zero-order valence-electron chi connectivity index (χ0n) is 11.8. The second-order valence-corrected chi connectivity index (χ2v) is 4.97. The summed E-state index contributed by atoms with van der Waals surface area (Å²) >= 11 is 0. The Morgan fingerprint density at radius 1 is 1.42 bits per heavy atom. The molecule has 0 amide bonds. The van der Waals surface area contributed by atoms with Gasteiger partial charge in [-0.15, -0.1) is 0 Å². The first kappa shape index (κ1) is 14.0. The molecule has 0 aliphatic carbocycles. The van der Waals surface area contributed by atoms with Crippen molar-refractivity contribution < 1.29 is 9.53 Å². The minimum absolute atomic E-state index is 0.0996. The number of nitrogens with zero attached hydrogens (tertiary/aromatic N) is 3. The Morgan fingerprint density at radius 3 is 2.95 bits per heavy atom. The first-order valence-electron chi connectivity index (χ1n) is 6.62. The number of piperazine rings is 1. The van der Waals surface area contributed by atoms with E-state index in [0.717, 1.165) is 19.6 Å². The van der Waals surface area contributed by atoms with Crippen molar-refractivity contribution in [2.24, 2.45) is 0 Å². The summed E-state index contributed by atoms with van der Waals surface area (Å²) in [4.78, 5) is 20.9. The van der Waals surface area contributed by atoms with Gasteiger partial charge in [0.1, 0.15) is 5.75 Å². The molecule has 0 bridgehead atoms. The zero-order valence-corrected chi connectivity index (χ0v) is 11.8. The van der Waals surface area contributed by atoms with Crippen molar-refractivity contribution in [3.63, 3.8) is 0 Å². The van der Waals surface area contributed by atoms with E-state index in [2.05, 4.69) is 14.8 Å². The van der Waals surface area contributed by atoms with E-state index in [-0.39, 0.29) is 11.8 Å². The standard InChI is InChI=1S/C14H21N3O2/c1-4-19-12-7-11(8-15-9-12)14(18)13-10-16(2)5-6-17(13)3/h7-9,13H,4-6,10H2,1-3H3. The number of ether oxygens (including phenoxy) is 1. The van der Waals surface area contributed by atoms with Gasteiger partial charge in [-0.2, -0.15) is 0 Å². The lowest BCUT2D eigenvalue weighted by molar-refractivity contribution is 0.0685. The van der Waals surface area contributed by atoms with Crippen molar-refractivity contribution in [3.8, 4) is 5.75 Å². The third-order valence-corrected chi connectivity index (χ3v) is 3.46. The molecule has 1 aromatic heterocycles. The second-order valence-electron chi connectivity index (χ2n) is 4.97. The second kappa shape index (κ2) is 6.12. The van der Waals surface area contributed by atoms with Crippen LogP contribution in [0, 0.1) is 0 Å². The Morgan fingerprint density at radius 2 is 2.21 bits per heavy atom. The largest absolute Gasteiger partial charge is 0.492 e. The van der Waals surface area contributed by atoms with Crippen LogP contribution in [-0.2, 0) is 0 Å². The van der Waals surface area contributed by atoms with Gasteiger partial charge in [0.2, 0.25) is 0 Å². The zero-order chi connectivity index (χ0) is 13.8. The van der Waals surface area contributed by atoms with Gasteiger partial charge < -0.3 is 9.64 Å². The lowest BCUT2D eigenvalue weighted by Crippen LogP contribution is -2.53. The molecule has 2 rings (SSSR count). The number of carbonyl (C=O) groups is 1. The van der Waals surface area contributed by atoms with Gasteiger partial charge in [-0.05, 0) is 27.1 Å². The molecule has 104 valence electrons. The molecular weight excluding hydrogens is 242 g/mol. The fourth-order valence-electron chi connectivity index (χ4n) is 2.28. The van der Waals surface area contributed by atoms with Gasteiger partial charge in [0.15, 0.2) is 5.78 Å². The Labute approximate surface area is 114 Å². The summed E-state index contributed by atoms with van der Waals surface area (Å²) in [7, 11) is 4.04. The fourth-order valence-corrected chi connectivity index (χ4v) is 2.28. The number of carbonyl (C=O) groups excluding carboxylic acids is 1. The van der Waals surface area contributed by atoms with E-state index in [0.29, 0.717) is 17.9 Å². The van der Waals surface area contributed by atoms with E-state index in [9.17, 15) is 4.79 Å². The lowest BCUT2D eigenvalue weighted by Gasteiger charge is -2.36. The smallest absolute Gasteiger partial charge is 0.182 e. The van der Waals surface area contributed by atoms with Crippen molar-refractivity contribution in [2.45, 2.75) is 13.0 Å². The molecule has 0 aromatic carbocycles. The summed E-state index contributed by atoms with van der Waals surface area (Å²) < 4.78 is 5.39. The van der Waals surface area contributed by atoms with Crippen LogP contribution in [0.2, 0.25) is 0 Å². The monoisotopic (exact) mass is 263 g/mol. The van der Waals surface area contributed by atoms with Crippen LogP contribution in [0.1, 0.15) is 17.3 Å². The number of rotatable bonds is 4. The fraction of sp³-hybridized carbons (Fsp3) is 0.571.